The SMILES string of the molecule is CN(C(=O)Cc1ccc(Cl)c(Cl)c1)C(CN1CCCC1)c1cccc(N)c1.Cl.Cl.O. The van der Waals surface area contributed by atoms with Crippen LogP contribution in [0.1, 0.15) is 30.0 Å². The highest BCUT2D eigenvalue weighted by Gasteiger charge is 2.26. The summed E-state index contributed by atoms with van der Waals surface area (Å²) in [6, 6.07) is 13.1. The normalized spacial score (nSPS) is 14.1. The summed E-state index contributed by atoms with van der Waals surface area (Å²) in [5.74, 6) is 0.0417. The van der Waals surface area contributed by atoms with Crippen LogP contribution >= 0.6 is 48.0 Å². The van der Waals surface area contributed by atoms with Crippen molar-refractivity contribution in [3.05, 3.63) is 63.6 Å². The number of likely N-dealkylation sites (N-methyl/N-ethyl adjacent to an activating group) is 1. The van der Waals surface area contributed by atoms with Crippen molar-refractivity contribution in [2.24, 2.45) is 0 Å². The highest BCUT2D eigenvalue weighted by molar-refractivity contribution is 6.42. The summed E-state index contributed by atoms with van der Waals surface area (Å²) < 4.78 is 0. The summed E-state index contributed by atoms with van der Waals surface area (Å²) in [5, 5.41) is 0.960. The zero-order valence-electron chi connectivity index (χ0n) is 16.8. The summed E-state index contributed by atoms with van der Waals surface area (Å²) in [4.78, 5) is 17.2. The van der Waals surface area contributed by atoms with Crippen LogP contribution in [0, 0.1) is 0 Å². The molecule has 5 nitrogen and oxygen atoms in total. The third-order valence-electron chi connectivity index (χ3n) is 5.13. The summed E-state index contributed by atoms with van der Waals surface area (Å²) >= 11 is 12.1. The largest absolute Gasteiger partial charge is 0.412 e. The average Bonchev–Trinajstić information content (AvgIpc) is 3.15. The first kappa shape index (κ1) is 28.8. The van der Waals surface area contributed by atoms with E-state index in [2.05, 4.69) is 4.90 Å². The van der Waals surface area contributed by atoms with E-state index < -0.39 is 0 Å². The van der Waals surface area contributed by atoms with E-state index in [0.717, 1.165) is 30.8 Å². The van der Waals surface area contributed by atoms with Gasteiger partial charge in [-0.15, -0.1) is 24.8 Å². The van der Waals surface area contributed by atoms with Crippen LogP contribution < -0.4 is 5.73 Å². The minimum atomic E-state index is -0.0399. The Kier molecular flexibility index (Phi) is 12.7. The van der Waals surface area contributed by atoms with E-state index in [0.29, 0.717) is 15.7 Å². The van der Waals surface area contributed by atoms with Crippen LogP contribution in [0.3, 0.4) is 0 Å². The molecule has 0 aliphatic carbocycles. The lowest BCUT2D eigenvalue weighted by Crippen LogP contribution is -2.39. The maximum Gasteiger partial charge on any atom is 0.227 e. The van der Waals surface area contributed by atoms with Crippen molar-refractivity contribution < 1.29 is 10.3 Å². The molecule has 30 heavy (non-hydrogen) atoms. The fraction of sp³-hybridized carbons (Fsp3) is 0.381. The smallest absolute Gasteiger partial charge is 0.227 e. The predicted octanol–water partition coefficient (Wildman–Crippen LogP) is 4.43. The standard InChI is InChI=1S/C21H25Cl2N3O.2ClH.H2O/c1-25(21(27)12-15-7-8-18(22)19(23)11-15)20(14-26-9-2-3-10-26)16-5-4-6-17(24)13-16;;;/h4-8,11,13,20H,2-3,9-10,12,14,24H2,1H3;2*1H;1H2. The van der Waals surface area contributed by atoms with Gasteiger partial charge in [-0.05, 0) is 61.3 Å². The van der Waals surface area contributed by atoms with Gasteiger partial charge < -0.3 is 21.0 Å². The number of likely N-dealkylation sites (tertiary alicyclic amines) is 1. The van der Waals surface area contributed by atoms with E-state index in [-0.39, 0.29) is 48.7 Å². The Morgan fingerprint density at radius 1 is 1.10 bits per heavy atom. The lowest BCUT2D eigenvalue weighted by molar-refractivity contribution is -0.131. The monoisotopic (exact) mass is 495 g/mol. The van der Waals surface area contributed by atoms with E-state index in [4.69, 9.17) is 28.9 Å². The summed E-state index contributed by atoms with van der Waals surface area (Å²) in [5.41, 5.74) is 8.62. The highest BCUT2D eigenvalue weighted by atomic mass is 35.5. The van der Waals surface area contributed by atoms with Gasteiger partial charge in [-0.3, -0.25) is 4.79 Å². The van der Waals surface area contributed by atoms with Crippen molar-refractivity contribution in [1.29, 1.82) is 0 Å². The first-order chi connectivity index (χ1) is 12.9. The molecule has 1 aliphatic rings. The van der Waals surface area contributed by atoms with Crippen molar-refractivity contribution in [2.45, 2.75) is 25.3 Å². The number of rotatable bonds is 6. The molecule has 0 bridgehead atoms. The van der Waals surface area contributed by atoms with Crippen LogP contribution in [0.2, 0.25) is 10.0 Å². The predicted molar refractivity (Wildman–Crippen MR) is 130 cm³/mol. The fourth-order valence-electron chi connectivity index (χ4n) is 3.55. The highest BCUT2D eigenvalue weighted by Crippen LogP contribution is 2.26. The van der Waals surface area contributed by atoms with E-state index >= 15 is 0 Å². The van der Waals surface area contributed by atoms with Crippen LogP contribution in [0.4, 0.5) is 5.69 Å². The van der Waals surface area contributed by atoms with E-state index in [1.807, 2.05) is 42.3 Å². The first-order valence-electron chi connectivity index (χ1n) is 9.21. The Morgan fingerprint density at radius 2 is 1.77 bits per heavy atom. The summed E-state index contributed by atoms with van der Waals surface area (Å²) in [7, 11) is 1.86. The molecule has 0 saturated carbocycles. The van der Waals surface area contributed by atoms with Gasteiger partial charge in [0.1, 0.15) is 0 Å². The zero-order valence-corrected chi connectivity index (χ0v) is 20.0. The number of amides is 1. The topological polar surface area (TPSA) is 81.1 Å². The molecule has 0 spiro atoms. The molecule has 1 fully saturated rings. The second-order valence-corrected chi connectivity index (χ2v) is 7.94. The van der Waals surface area contributed by atoms with Crippen LogP contribution in [0.25, 0.3) is 0 Å². The molecular formula is C21H29Cl4N3O2. The number of nitrogens with zero attached hydrogens (tertiary/aromatic N) is 2. The Balaban J connectivity index is 0.00000280. The molecule has 1 unspecified atom stereocenters. The number of nitrogen functional groups attached to an aromatic ring is 1. The van der Waals surface area contributed by atoms with Gasteiger partial charge in [0.2, 0.25) is 5.91 Å². The Hall–Kier alpha value is -1.21. The fourth-order valence-corrected chi connectivity index (χ4v) is 3.87. The summed E-state index contributed by atoms with van der Waals surface area (Å²) in [6.07, 6.45) is 2.71. The second-order valence-electron chi connectivity index (χ2n) is 7.12. The lowest BCUT2D eigenvalue weighted by atomic mass is 10.0. The van der Waals surface area contributed by atoms with Gasteiger partial charge in [0.15, 0.2) is 0 Å². The molecular weight excluding hydrogens is 468 g/mol. The van der Waals surface area contributed by atoms with Crippen molar-refractivity contribution in [2.75, 3.05) is 32.4 Å². The zero-order chi connectivity index (χ0) is 19.4. The van der Waals surface area contributed by atoms with Crippen LogP contribution in [0.5, 0.6) is 0 Å². The van der Waals surface area contributed by atoms with Crippen molar-refractivity contribution in [3.63, 3.8) is 0 Å². The third-order valence-corrected chi connectivity index (χ3v) is 5.86. The quantitative estimate of drug-likeness (QED) is 0.600. The second kappa shape index (κ2) is 13.3. The molecule has 1 amide bonds. The number of carbonyl (C=O) groups excluding carboxylic acids is 1. The van der Waals surface area contributed by atoms with Crippen LogP contribution in [0.15, 0.2) is 42.5 Å². The van der Waals surface area contributed by atoms with E-state index in [9.17, 15) is 4.79 Å². The number of hydrogen-bond donors (Lipinski definition) is 1. The molecule has 9 heteroatoms. The molecule has 0 radical (unpaired) electrons. The van der Waals surface area contributed by atoms with Crippen LogP contribution in [-0.4, -0.2) is 47.9 Å². The van der Waals surface area contributed by atoms with Crippen molar-refractivity contribution in [1.82, 2.24) is 9.80 Å². The lowest BCUT2D eigenvalue weighted by Gasteiger charge is -2.32. The molecule has 1 heterocycles. The molecule has 1 aliphatic heterocycles. The van der Waals surface area contributed by atoms with Crippen LogP contribution in [-0.2, 0) is 11.2 Å². The van der Waals surface area contributed by atoms with Gasteiger partial charge in [0.25, 0.3) is 0 Å². The van der Waals surface area contributed by atoms with Crippen molar-refractivity contribution >= 4 is 59.6 Å². The number of hydrogen-bond acceptors (Lipinski definition) is 3. The Morgan fingerprint density at radius 3 is 2.37 bits per heavy atom. The third kappa shape index (κ3) is 7.49. The minimum Gasteiger partial charge on any atom is -0.412 e. The summed E-state index contributed by atoms with van der Waals surface area (Å²) in [6.45, 7) is 2.97. The molecule has 1 saturated heterocycles. The van der Waals surface area contributed by atoms with Gasteiger partial charge in [-0.2, -0.15) is 0 Å². The number of nitrogens with two attached hydrogens (primary N) is 1. The molecule has 168 valence electrons. The first-order valence-corrected chi connectivity index (χ1v) is 9.97. The van der Waals surface area contributed by atoms with Gasteiger partial charge in [-0.1, -0.05) is 41.4 Å². The molecule has 1 atom stereocenters. The molecule has 4 N–H and O–H groups in total. The Labute approximate surface area is 200 Å². The number of carbonyl (C=O) groups is 1. The van der Waals surface area contributed by atoms with Gasteiger partial charge >= 0.3 is 0 Å². The number of benzene rings is 2. The molecule has 2 aromatic rings. The van der Waals surface area contributed by atoms with Gasteiger partial charge in [-0.25, -0.2) is 0 Å². The maximum atomic E-state index is 13.0. The van der Waals surface area contributed by atoms with Gasteiger partial charge in [0, 0.05) is 19.3 Å². The van der Waals surface area contributed by atoms with E-state index in [1.54, 1.807) is 12.1 Å². The number of anilines is 1. The average molecular weight is 497 g/mol. The Bertz CT molecular complexity index is 817. The molecule has 2 aromatic carbocycles. The van der Waals surface area contributed by atoms with Gasteiger partial charge in [0.05, 0.1) is 22.5 Å². The number of halogens is 4. The van der Waals surface area contributed by atoms with Crippen molar-refractivity contribution in [3.8, 4) is 0 Å². The molecule has 0 aromatic heterocycles. The van der Waals surface area contributed by atoms with E-state index in [1.165, 1.54) is 12.8 Å². The minimum absolute atomic E-state index is 0. The molecule has 3 rings (SSSR count). The maximum absolute atomic E-state index is 13.0.